The van der Waals surface area contributed by atoms with Crippen LogP contribution in [0.1, 0.15) is 5.56 Å². The molecule has 0 aromatic heterocycles. The van der Waals surface area contributed by atoms with Crippen LogP contribution in [0.4, 0.5) is 5.69 Å². The highest BCUT2D eigenvalue weighted by atomic mass is 17.2. The molecule has 0 radical (unpaired) electrons. The lowest BCUT2D eigenvalue weighted by atomic mass is 10.2. The van der Waals surface area contributed by atoms with Gasteiger partial charge in [-0.2, -0.15) is 9.88 Å². The number of hydrogen-bond acceptors (Lipinski definition) is 4. The monoisotopic (exact) mass is 163 g/mol. The average Bonchev–Trinajstić information content (AvgIpc) is 2.51. The molecule has 1 aliphatic rings. The molecule has 1 aromatic rings. The maximum atomic E-state index is 9.91. The second-order valence-electron chi connectivity index (χ2n) is 2.34. The Balaban J connectivity index is 2.45. The van der Waals surface area contributed by atoms with E-state index in [4.69, 9.17) is 9.78 Å². The smallest absolute Gasteiger partial charge is 0.240 e. The summed E-state index contributed by atoms with van der Waals surface area (Å²) < 4.78 is 0. The van der Waals surface area contributed by atoms with E-state index in [0.29, 0.717) is 18.0 Å². The first-order chi connectivity index (χ1) is 5.90. The Kier molecular flexibility index (Phi) is 1.63. The van der Waals surface area contributed by atoms with Gasteiger partial charge in [-0.25, -0.2) is 4.79 Å². The largest absolute Gasteiger partial charge is 0.337 e. The van der Waals surface area contributed by atoms with E-state index in [1.54, 1.807) is 18.2 Å². The van der Waals surface area contributed by atoms with Crippen LogP contribution in [0.5, 0.6) is 5.75 Å². The molecule has 1 aliphatic heterocycles. The van der Waals surface area contributed by atoms with Crippen LogP contribution >= 0.6 is 0 Å². The third kappa shape index (κ3) is 1.09. The lowest BCUT2D eigenvalue weighted by Crippen LogP contribution is -1.81. The van der Waals surface area contributed by atoms with Crippen molar-refractivity contribution in [1.82, 2.24) is 0 Å². The Bertz CT molecular complexity index is 355. The molecule has 4 heteroatoms. The van der Waals surface area contributed by atoms with Gasteiger partial charge in [0.25, 0.3) is 0 Å². The third-order valence-electron chi connectivity index (χ3n) is 1.59. The van der Waals surface area contributed by atoms with E-state index < -0.39 is 0 Å². The highest BCUT2D eigenvalue weighted by Crippen LogP contribution is 2.29. The van der Waals surface area contributed by atoms with Crippen molar-refractivity contribution in [1.29, 1.82) is 0 Å². The molecule has 12 heavy (non-hydrogen) atoms. The molecule has 0 unspecified atom stereocenters. The van der Waals surface area contributed by atoms with Crippen molar-refractivity contribution >= 4 is 11.8 Å². The Morgan fingerprint density at radius 1 is 1.50 bits per heavy atom. The van der Waals surface area contributed by atoms with Crippen LogP contribution in [-0.2, 0) is 16.3 Å². The highest BCUT2D eigenvalue weighted by molar-refractivity contribution is 5.53. The summed E-state index contributed by atoms with van der Waals surface area (Å²) in [5, 5.41) is 0. The van der Waals surface area contributed by atoms with Crippen molar-refractivity contribution < 1.29 is 14.6 Å². The molecule has 0 saturated heterocycles. The number of rotatable bonds is 1. The van der Waals surface area contributed by atoms with E-state index in [2.05, 4.69) is 4.99 Å². The van der Waals surface area contributed by atoms with Gasteiger partial charge in [0, 0.05) is 11.6 Å². The Hall–Kier alpha value is -1.64. The second-order valence-corrected chi connectivity index (χ2v) is 2.34. The SMILES string of the molecule is O=C=Nc1ccc2c(c1)OOC2. The number of fused-ring (bicyclic) bond motifs is 1. The molecule has 0 amide bonds. The molecular formula is C8H5NO3. The number of isocyanates is 1. The quantitative estimate of drug-likeness (QED) is 0.358. The number of carbonyl (C=O) groups excluding carboxylic acids is 1. The van der Waals surface area contributed by atoms with Crippen molar-refractivity contribution in [2.24, 2.45) is 4.99 Å². The molecule has 0 atom stereocenters. The van der Waals surface area contributed by atoms with Crippen LogP contribution in [0.2, 0.25) is 0 Å². The summed E-state index contributed by atoms with van der Waals surface area (Å²) in [6.45, 7) is 0.445. The predicted molar refractivity (Wildman–Crippen MR) is 39.6 cm³/mol. The normalized spacial score (nSPS) is 13.0. The summed E-state index contributed by atoms with van der Waals surface area (Å²) in [5.41, 5.74) is 1.48. The van der Waals surface area contributed by atoms with Gasteiger partial charge in [0.15, 0.2) is 5.75 Å². The summed E-state index contributed by atoms with van der Waals surface area (Å²) in [4.78, 5) is 22.9. The molecule has 1 aromatic carbocycles. The van der Waals surface area contributed by atoms with E-state index >= 15 is 0 Å². The van der Waals surface area contributed by atoms with Crippen LogP contribution < -0.4 is 4.89 Å². The first-order valence-electron chi connectivity index (χ1n) is 3.40. The van der Waals surface area contributed by atoms with Gasteiger partial charge in [-0.15, -0.1) is 0 Å². The molecule has 0 fully saturated rings. The molecule has 0 N–H and O–H groups in total. The van der Waals surface area contributed by atoms with Gasteiger partial charge >= 0.3 is 0 Å². The second kappa shape index (κ2) is 2.77. The van der Waals surface area contributed by atoms with E-state index in [0.717, 1.165) is 5.56 Å². The van der Waals surface area contributed by atoms with Crippen LogP contribution in [-0.4, -0.2) is 6.08 Å². The fraction of sp³-hybridized carbons (Fsp3) is 0.125. The van der Waals surface area contributed by atoms with Crippen LogP contribution in [0.3, 0.4) is 0 Å². The standard InChI is InChI=1S/C8H5NO3/c10-5-9-7-2-1-6-4-11-12-8(6)3-7/h1-3H,4H2. The first-order valence-corrected chi connectivity index (χ1v) is 3.40. The van der Waals surface area contributed by atoms with E-state index in [9.17, 15) is 4.79 Å². The molecule has 2 rings (SSSR count). The third-order valence-corrected chi connectivity index (χ3v) is 1.59. The van der Waals surface area contributed by atoms with Gasteiger partial charge in [0.1, 0.15) is 6.61 Å². The lowest BCUT2D eigenvalue weighted by Gasteiger charge is -1.94. The number of benzene rings is 1. The van der Waals surface area contributed by atoms with Crippen LogP contribution in [0.25, 0.3) is 0 Å². The molecule has 0 bridgehead atoms. The molecule has 0 aliphatic carbocycles. The van der Waals surface area contributed by atoms with E-state index in [-0.39, 0.29) is 0 Å². The molecular weight excluding hydrogens is 158 g/mol. The maximum absolute atomic E-state index is 9.91. The predicted octanol–water partition coefficient (Wildman–Crippen LogP) is 1.48. The molecule has 0 spiro atoms. The lowest BCUT2D eigenvalue weighted by molar-refractivity contribution is -0.194. The van der Waals surface area contributed by atoms with Gasteiger partial charge in [0.2, 0.25) is 6.08 Å². The minimum absolute atomic E-state index is 0.445. The Labute approximate surface area is 68.4 Å². The zero-order valence-electron chi connectivity index (χ0n) is 6.11. The first kappa shape index (κ1) is 7.03. The fourth-order valence-electron chi connectivity index (χ4n) is 1.02. The minimum Gasteiger partial charge on any atom is -0.337 e. The van der Waals surface area contributed by atoms with Crippen molar-refractivity contribution in [3.63, 3.8) is 0 Å². The zero-order valence-corrected chi connectivity index (χ0v) is 6.11. The molecule has 4 nitrogen and oxygen atoms in total. The van der Waals surface area contributed by atoms with Crippen molar-refractivity contribution in [3.05, 3.63) is 23.8 Å². The molecule has 1 heterocycles. The van der Waals surface area contributed by atoms with Gasteiger partial charge in [-0.05, 0) is 6.07 Å². The summed E-state index contributed by atoms with van der Waals surface area (Å²) in [5.74, 6) is 0.617. The summed E-state index contributed by atoms with van der Waals surface area (Å²) >= 11 is 0. The summed E-state index contributed by atoms with van der Waals surface area (Å²) in [6, 6.07) is 5.15. The Morgan fingerprint density at radius 2 is 2.42 bits per heavy atom. The van der Waals surface area contributed by atoms with Gasteiger partial charge < -0.3 is 4.89 Å². The number of nitrogens with zero attached hydrogens (tertiary/aromatic N) is 1. The van der Waals surface area contributed by atoms with Crippen molar-refractivity contribution in [2.45, 2.75) is 6.61 Å². The van der Waals surface area contributed by atoms with Crippen molar-refractivity contribution in [2.75, 3.05) is 0 Å². The summed E-state index contributed by atoms with van der Waals surface area (Å²) in [7, 11) is 0. The minimum atomic E-state index is 0.445. The van der Waals surface area contributed by atoms with Gasteiger partial charge in [0.05, 0.1) is 5.69 Å². The molecule has 0 saturated carbocycles. The molecule has 60 valence electrons. The number of aliphatic imine (C=N–C) groups is 1. The van der Waals surface area contributed by atoms with E-state index in [1.807, 2.05) is 0 Å². The fourth-order valence-corrected chi connectivity index (χ4v) is 1.02. The van der Waals surface area contributed by atoms with Gasteiger partial charge in [-0.1, -0.05) is 6.07 Å². The average molecular weight is 163 g/mol. The van der Waals surface area contributed by atoms with Crippen LogP contribution in [0.15, 0.2) is 23.2 Å². The van der Waals surface area contributed by atoms with Crippen molar-refractivity contribution in [3.8, 4) is 5.75 Å². The summed E-state index contributed by atoms with van der Waals surface area (Å²) in [6.07, 6.45) is 1.45. The zero-order chi connectivity index (χ0) is 8.39. The maximum Gasteiger partial charge on any atom is 0.240 e. The van der Waals surface area contributed by atoms with Crippen LogP contribution in [0, 0.1) is 0 Å². The van der Waals surface area contributed by atoms with E-state index in [1.165, 1.54) is 6.08 Å². The highest BCUT2D eigenvalue weighted by Gasteiger charge is 2.13. The Morgan fingerprint density at radius 3 is 3.25 bits per heavy atom. The van der Waals surface area contributed by atoms with Gasteiger partial charge in [-0.3, -0.25) is 0 Å². The number of hydrogen-bond donors (Lipinski definition) is 0. The topological polar surface area (TPSA) is 47.9 Å².